The highest BCUT2D eigenvalue weighted by atomic mass is 16.5. The number of rotatable bonds is 4. The second-order valence-electron chi connectivity index (χ2n) is 4.37. The number of nitrogen functional groups attached to an aromatic ring is 1. The number of nitrogens with one attached hydrogen (secondary N) is 1. The topological polar surface area (TPSA) is 88.1 Å². The molecule has 0 bridgehead atoms. The van der Waals surface area contributed by atoms with Crippen LogP contribution in [0, 0.1) is 11.3 Å². The summed E-state index contributed by atoms with van der Waals surface area (Å²) in [4.78, 5) is 12.2. The van der Waals surface area contributed by atoms with Crippen LogP contribution in [0.4, 0.5) is 11.4 Å². The number of benzene rings is 2. The van der Waals surface area contributed by atoms with Crippen molar-refractivity contribution in [3.05, 3.63) is 53.6 Å². The third-order valence-electron chi connectivity index (χ3n) is 2.75. The van der Waals surface area contributed by atoms with Gasteiger partial charge in [0.25, 0.3) is 5.91 Å². The standard InChI is InChI=1S/C16H15N3O2/c1-2-21-15-8-12(7-13(18)9-15)16(20)19-14-5-3-4-11(6-14)10-17/h3-9H,2,18H2,1H3,(H,19,20). The number of ether oxygens (including phenoxy) is 1. The summed E-state index contributed by atoms with van der Waals surface area (Å²) in [5.74, 6) is 0.242. The summed E-state index contributed by atoms with van der Waals surface area (Å²) >= 11 is 0. The lowest BCUT2D eigenvalue weighted by molar-refractivity contribution is 0.102. The second kappa shape index (κ2) is 6.44. The molecular weight excluding hydrogens is 266 g/mol. The summed E-state index contributed by atoms with van der Waals surface area (Å²) in [6.07, 6.45) is 0. The van der Waals surface area contributed by atoms with Crippen LogP contribution in [0.3, 0.4) is 0 Å². The molecule has 0 saturated carbocycles. The van der Waals surface area contributed by atoms with E-state index in [2.05, 4.69) is 5.32 Å². The average molecular weight is 281 g/mol. The van der Waals surface area contributed by atoms with E-state index in [1.54, 1.807) is 42.5 Å². The monoisotopic (exact) mass is 281 g/mol. The highest BCUT2D eigenvalue weighted by Gasteiger charge is 2.09. The van der Waals surface area contributed by atoms with Crippen LogP contribution in [0.1, 0.15) is 22.8 Å². The molecule has 0 atom stereocenters. The first-order valence-electron chi connectivity index (χ1n) is 6.47. The van der Waals surface area contributed by atoms with Gasteiger partial charge in [0.2, 0.25) is 0 Å². The van der Waals surface area contributed by atoms with E-state index in [0.29, 0.717) is 34.9 Å². The fraction of sp³-hybridized carbons (Fsp3) is 0.125. The van der Waals surface area contributed by atoms with Gasteiger partial charge in [-0.15, -0.1) is 0 Å². The molecule has 0 unspecified atom stereocenters. The summed E-state index contributed by atoms with van der Waals surface area (Å²) < 4.78 is 5.36. The van der Waals surface area contributed by atoms with Crippen molar-refractivity contribution in [2.75, 3.05) is 17.7 Å². The molecule has 0 fully saturated rings. The summed E-state index contributed by atoms with van der Waals surface area (Å²) in [6.45, 7) is 2.35. The van der Waals surface area contributed by atoms with Crippen LogP contribution in [-0.2, 0) is 0 Å². The number of nitrogens with two attached hydrogens (primary N) is 1. The normalized spacial score (nSPS) is 9.71. The second-order valence-corrected chi connectivity index (χ2v) is 4.37. The molecule has 5 nitrogen and oxygen atoms in total. The highest BCUT2D eigenvalue weighted by molar-refractivity contribution is 6.05. The Kier molecular flexibility index (Phi) is 4.42. The molecule has 0 aliphatic carbocycles. The summed E-state index contributed by atoms with van der Waals surface area (Å²) in [5.41, 5.74) is 7.66. The quantitative estimate of drug-likeness (QED) is 0.843. The molecule has 2 aromatic rings. The molecule has 106 valence electrons. The van der Waals surface area contributed by atoms with E-state index in [9.17, 15) is 4.79 Å². The zero-order chi connectivity index (χ0) is 15.2. The van der Waals surface area contributed by atoms with Gasteiger partial charge in [0, 0.05) is 23.0 Å². The summed E-state index contributed by atoms with van der Waals surface area (Å²) in [5, 5.41) is 11.6. The fourth-order valence-corrected chi connectivity index (χ4v) is 1.87. The first kappa shape index (κ1) is 14.4. The zero-order valence-corrected chi connectivity index (χ0v) is 11.6. The van der Waals surface area contributed by atoms with Crippen LogP contribution < -0.4 is 15.8 Å². The molecular formula is C16H15N3O2. The number of amides is 1. The van der Waals surface area contributed by atoms with Crippen molar-refractivity contribution in [3.63, 3.8) is 0 Å². The highest BCUT2D eigenvalue weighted by Crippen LogP contribution is 2.20. The van der Waals surface area contributed by atoms with E-state index in [1.807, 2.05) is 13.0 Å². The molecule has 0 radical (unpaired) electrons. The Morgan fingerprint density at radius 1 is 1.33 bits per heavy atom. The van der Waals surface area contributed by atoms with E-state index < -0.39 is 0 Å². The maximum atomic E-state index is 12.2. The summed E-state index contributed by atoms with van der Waals surface area (Å²) in [6, 6.07) is 13.6. The minimum Gasteiger partial charge on any atom is -0.494 e. The van der Waals surface area contributed by atoms with E-state index in [-0.39, 0.29) is 5.91 Å². The first-order valence-corrected chi connectivity index (χ1v) is 6.47. The van der Waals surface area contributed by atoms with Gasteiger partial charge in [-0.25, -0.2) is 0 Å². The Morgan fingerprint density at radius 2 is 2.14 bits per heavy atom. The number of hydrogen-bond donors (Lipinski definition) is 2. The number of hydrogen-bond acceptors (Lipinski definition) is 4. The van der Waals surface area contributed by atoms with Gasteiger partial charge in [0.05, 0.1) is 18.2 Å². The number of nitriles is 1. The maximum Gasteiger partial charge on any atom is 0.255 e. The predicted molar refractivity (Wildman–Crippen MR) is 81.1 cm³/mol. The molecule has 5 heteroatoms. The Bertz CT molecular complexity index is 705. The van der Waals surface area contributed by atoms with E-state index in [0.717, 1.165) is 0 Å². The van der Waals surface area contributed by atoms with E-state index in [1.165, 1.54) is 0 Å². The van der Waals surface area contributed by atoms with Crippen LogP contribution in [-0.4, -0.2) is 12.5 Å². The van der Waals surface area contributed by atoms with Crippen molar-refractivity contribution in [1.82, 2.24) is 0 Å². The molecule has 0 saturated heterocycles. The van der Waals surface area contributed by atoms with Crippen LogP contribution >= 0.6 is 0 Å². The minimum absolute atomic E-state index is 0.307. The van der Waals surface area contributed by atoms with Crippen molar-refractivity contribution in [3.8, 4) is 11.8 Å². The van der Waals surface area contributed by atoms with Gasteiger partial charge >= 0.3 is 0 Å². The van der Waals surface area contributed by atoms with Gasteiger partial charge in [0.15, 0.2) is 0 Å². The molecule has 1 amide bonds. The van der Waals surface area contributed by atoms with E-state index >= 15 is 0 Å². The van der Waals surface area contributed by atoms with E-state index in [4.69, 9.17) is 15.7 Å². The van der Waals surface area contributed by atoms with Gasteiger partial charge in [-0.05, 0) is 37.3 Å². The molecule has 0 aliphatic heterocycles. The average Bonchev–Trinajstić information content (AvgIpc) is 2.47. The Balaban J connectivity index is 2.22. The molecule has 0 heterocycles. The van der Waals surface area contributed by atoms with Crippen LogP contribution in [0.15, 0.2) is 42.5 Å². The third kappa shape index (κ3) is 3.74. The largest absolute Gasteiger partial charge is 0.494 e. The van der Waals surface area contributed by atoms with Gasteiger partial charge < -0.3 is 15.8 Å². The van der Waals surface area contributed by atoms with Gasteiger partial charge in [-0.2, -0.15) is 5.26 Å². The van der Waals surface area contributed by atoms with Crippen molar-refractivity contribution < 1.29 is 9.53 Å². The molecule has 2 aromatic carbocycles. The van der Waals surface area contributed by atoms with Crippen molar-refractivity contribution in [2.24, 2.45) is 0 Å². The minimum atomic E-state index is -0.307. The number of anilines is 2. The SMILES string of the molecule is CCOc1cc(N)cc(C(=O)Nc2cccc(C#N)c2)c1. The Hall–Kier alpha value is -3.00. The first-order chi connectivity index (χ1) is 10.1. The Morgan fingerprint density at radius 3 is 2.86 bits per heavy atom. The molecule has 0 aromatic heterocycles. The molecule has 3 N–H and O–H groups in total. The third-order valence-corrected chi connectivity index (χ3v) is 2.75. The van der Waals surface area contributed by atoms with Crippen molar-refractivity contribution >= 4 is 17.3 Å². The van der Waals surface area contributed by atoms with Gasteiger partial charge in [-0.1, -0.05) is 6.07 Å². The predicted octanol–water partition coefficient (Wildman–Crippen LogP) is 2.79. The van der Waals surface area contributed by atoms with Gasteiger partial charge in [-0.3, -0.25) is 4.79 Å². The molecule has 21 heavy (non-hydrogen) atoms. The van der Waals surface area contributed by atoms with Crippen LogP contribution in [0.5, 0.6) is 5.75 Å². The van der Waals surface area contributed by atoms with Crippen LogP contribution in [0.2, 0.25) is 0 Å². The number of nitrogens with zero attached hydrogens (tertiary/aromatic N) is 1. The van der Waals surface area contributed by atoms with Gasteiger partial charge in [0.1, 0.15) is 5.75 Å². The number of carbonyl (C=O) groups is 1. The zero-order valence-electron chi connectivity index (χ0n) is 11.6. The number of carbonyl (C=O) groups excluding carboxylic acids is 1. The lowest BCUT2D eigenvalue weighted by Crippen LogP contribution is -2.12. The van der Waals surface area contributed by atoms with Crippen LogP contribution in [0.25, 0.3) is 0 Å². The maximum absolute atomic E-state index is 12.2. The molecule has 0 aliphatic rings. The fourth-order valence-electron chi connectivity index (χ4n) is 1.87. The lowest BCUT2D eigenvalue weighted by atomic mass is 10.1. The Labute approximate surface area is 123 Å². The lowest BCUT2D eigenvalue weighted by Gasteiger charge is -2.09. The van der Waals surface area contributed by atoms with Crippen molar-refractivity contribution in [1.29, 1.82) is 5.26 Å². The molecule has 2 rings (SSSR count). The summed E-state index contributed by atoms with van der Waals surface area (Å²) in [7, 11) is 0. The molecule has 0 spiro atoms. The van der Waals surface area contributed by atoms with Crippen molar-refractivity contribution in [2.45, 2.75) is 6.92 Å². The smallest absolute Gasteiger partial charge is 0.255 e.